The molecule has 29 heavy (non-hydrogen) atoms. The van der Waals surface area contributed by atoms with Crippen LogP contribution in [-0.2, 0) is 6.42 Å². The Morgan fingerprint density at radius 1 is 1.14 bits per heavy atom. The van der Waals surface area contributed by atoms with E-state index in [1.54, 1.807) is 18.3 Å². The fourth-order valence-corrected chi connectivity index (χ4v) is 3.85. The van der Waals surface area contributed by atoms with Gasteiger partial charge in [-0.1, -0.05) is 41.5 Å². The molecule has 1 unspecified atom stereocenters. The first-order chi connectivity index (χ1) is 14.0. The third-order valence-corrected chi connectivity index (χ3v) is 5.51. The smallest absolute Gasteiger partial charge is 0.123 e. The average Bonchev–Trinajstić information content (AvgIpc) is 2.73. The van der Waals surface area contributed by atoms with Crippen LogP contribution in [0.1, 0.15) is 24.0 Å². The fourth-order valence-electron chi connectivity index (χ4n) is 3.85. The summed E-state index contributed by atoms with van der Waals surface area (Å²) in [5, 5.41) is 0. The normalized spacial score (nSPS) is 22.0. The van der Waals surface area contributed by atoms with Crippen molar-refractivity contribution in [2.24, 2.45) is 21.9 Å². The third-order valence-electron chi connectivity index (χ3n) is 5.51. The van der Waals surface area contributed by atoms with Crippen molar-refractivity contribution in [2.45, 2.75) is 26.2 Å². The molecule has 0 radical (unpaired) electrons. The molecule has 0 heterocycles. The summed E-state index contributed by atoms with van der Waals surface area (Å²) in [5.74, 6) is -0.282. The van der Waals surface area contributed by atoms with Crippen LogP contribution in [0.15, 0.2) is 89.6 Å². The maximum atomic E-state index is 13.2. The number of nitrogens with zero attached hydrogens (tertiary/aromatic N) is 1. The molecule has 1 aliphatic carbocycles. The van der Waals surface area contributed by atoms with E-state index in [4.69, 9.17) is 16.5 Å². The monoisotopic (exact) mass is 389 g/mol. The second-order valence-electron chi connectivity index (χ2n) is 7.57. The SMILES string of the molecule is C=CC1(Cc2ccc(C)cc2)CC(=CN)C(=Nc2ccc(F)cc2)C=C1CCN. The van der Waals surface area contributed by atoms with Gasteiger partial charge in [0.05, 0.1) is 11.4 Å². The zero-order chi connectivity index (χ0) is 20.9. The van der Waals surface area contributed by atoms with E-state index in [0.29, 0.717) is 18.7 Å². The molecule has 0 aromatic heterocycles. The third kappa shape index (κ3) is 4.72. The predicted molar refractivity (Wildman–Crippen MR) is 120 cm³/mol. The van der Waals surface area contributed by atoms with E-state index in [1.807, 2.05) is 6.08 Å². The van der Waals surface area contributed by atoms with E-state index in [0.717, 1.165) is 24.1 Å². The van der Waals surface area contributed by atoms with E-state index >= 15 is 0 Å². The molecule has 2 aromatic carbocycles. The van der Waals surface area contributed by atoms with Gasteiger partial charge in [0.15, 0.2) is 0 Å². The van der Waals surface area contributed by atoms with Gasteiger partial charge in [0.2, 0.25) is 0 Å². The second kappa shape index (κ2) is 9.01. The highest BCUT2D eigenvalue weighted by molar-refractivity contribution is 6.11. The minimum Gasteiger partial charge on any atom is -0.404 e. The summed E-state index contributed by atoms with van der Waals surface area (Å²) < 4.78 is 13.2. The summed E-state index contributed by atoms with van der Waals surface area (Å²) >= 11 is 0. The maximum Gasteiger partial charge on any atom is 0.123 e. The van der Waals surface area contributed by atoms with E-state index in [9.17, 15) is 4.39 Å². The van der Waals surface area contributed by atoms with Crippen LogP contribution in [-0.4, -0.2) is 12.3 Å². The van der Waals surface area contributed by atoms with Crippen LogP contribution in [0.4, 0.5) is 10.1 Å². The predicted octanol–water partition coefficient (Wildman–Crippen LogP) is 5.14. The number of rotatable bonds is 6. The Bertz CT molecular complexity index is 953. The standard InChI is InChI=1S/C25H28FN3/c1-3-25(15-19-6-4-18(2)5-7-19)16-20(17-28)24(14-21(25)12-13-27)29-23-10-8-22(26)9-11-23/h3-11,14,17H,1,12-13,15-16,27-28H2,2H3. The molecule has 0 saturated heterocycles. The summed E-state index contributed by atoms with van der Waals surface area (Å²) in [6.07, 6.45) is 7.99. The summed E-state index contributed by atoms with van der Waals surface area (Å²) in [6.45, 7) is 6.79. The molecule has 3 nitrogen and oxygen atoms in total. The van der Waals surface area contributed by atoms with Gasteiger partial charge in [0.1, 0.15) is 5.82 Å². The molecule has 0 aliphatic heterocycles. The Hall–Kier alpha value is -2.98. The van der Waals surface area contributed by atoms with E-state index < -0.39 is 0 Å². The molecule has 4 heteroatoms. The van der Waals surface area contributed by atoms with Gasteiger partial charge in [-0.25, -0.2) is 9.38 Å². The lowest BCUT2D eigenvalue weighted by Gasteiger charge is -2.38. The van der Waals surface area contributed by atoms with Crippen molar-refractivity contribution in [3.63, 3.8) is 0 Å². The summed E-state index contributed by atoms with van der Waals surface area (Å²) in [6, 6.07) is 14.7. The van der Waals surface area contributed by atoms with Gasteiger partial charge in [-0.3, -0.25) is 0 Å². The lowest BCUT2D eigenvalue weighted by molar-refractivity contribution is 0.437. The summed E-state index contributed by atoms with van der Waals surface area (Å²) in [5.41, 5.74) is 17.8. The number of nitrogens with two attached hydrogens (primary N) is 2. The quantitative estimate of drug-likeness (QED) is 0.672. The van der Waals surface area contributed by atoms with Crippen molar-refractivity contribution in [3.8, 4) is 0 Å². The van der Waals surface area contributed by atoms with Gasteiger partial charge in [-0.05, 0) is 80.4 Å². The Morgan fingerprint density at radius 2 is 1.83 bits per heavy atom. The molecule has 4 N–H and O–H groups in total. The van der Waals surface area contributed by atoms with Crippen molar-refractivity contribution < 1.29 is 4.39 Å². The van der Waals surface area contributed by atoms with Crippen molar-refractivity contribution in [2.75, 3.05) is 6.54 Å². The lowest BCUT2D eigenvalue weighted by Crippen LogP contribution is -2.32. The Kier molecular flexibility index (Phi) is 6.45. The highest BCUT2D eigenvalue weighted by atomic mass is 19.1. The van der Waals surface area contributed by atoms with Crippen LogP contribution in [0.2, 0.25) is 0 Å². The largest absolute Gasteiger partial charge is 0.404 e. The molecule has 1 atom stereocenters. The zero-order valence-electron chi connectivity index (χ0n) is 16.9. The number of benzene rings is 2. The molecule has 2 aromatic rings. The number of hydrogen-bond donors (Lipinski definition) is 2. The van der Waals surface area contributed by atoms with Gasteiger partial charge in [-0.15, -0.1) is 6.58 Å². The topological polar surface area (TPSA) is 64.4 Å². The van der Waals surface area contributed by atoms with Crippen LogP contribution in [0.25, 0.3) is 0 Å². The maximum absolute atomic E-state index is 13.2. The first-order valence-electron chi connectivity index (χ1n) is 9.85. The Labute approximate surface area is 172 Å². The molecule has 0 bridgehead atoms. The van der Waals surface area contributed by atoms with Crippen LogP contribution in [0, 0.1) is 18.2 Å². The number of allylic oxidation sites excluding steroid dienone is 3. The average molecular weight is 390 g/mol. The molecular formula is C25H28FN3. The zero-order valence-corrected chi connectivity index (χ0v) is 16.9. The van der Waals surface area contributed by atoms with Crippen LogP contribution < -0.4 is 11.5 Å². The minimum atomic E-state index is -0.282. The number of hydrogen-bond acceptors (Lipinski definition) is 3. The first-order valence-corrected chi connectivity index (χ1v) is 9.85. The number of halogens is 1. The van der Waals surface area contributed by atoms with E-state index in [-0.39, 0.29) is 11.2 Å². The van der Waals surface area contributed by atoms with Gasteiger partial charge < -0.3 is 11.5 Å². The van der Waals surface area contributed by atoms with Crippen molar-refractivity contribution in [1.82, 2.24) is 0 Å². The van der Waals surface area contributed by atoms with Gasteiger partial charge >= 0.3 is 0 Å². The van der Waals surface area contributed by atoms with E-state index in [1.165, 1.54) is 28.8 Å². The highest BCUT2D eigenvalue weighted by Crippen LogP contribution is 2.44. The van der Waals surface area contributed by atoms with Crippen molar-refractivity contribution >= 4 is 11.4 Å². The van der Waals surface area contributed by atoms with E-state index in [2.05, 4.69) is 43.8 Å². The van der Waals surface area contributed by atoms with Crippen LogP contribution in [0.3, 0.4) is 0 Å². The Morgan fingerprint density at radius 3 is 2.41 bits per heavy atom. The summed E-state index contributed by atoms with van der Waals surface area (Å²) in [7, 11) is 0. The summed E-state index contributed by atoms with van der Waals surface area (Å²) in [4.78, 5) is 4.71. The minimum absolute atomic E-state index is 0.262. The molecule has 0 spiro atoms. The first kappa shape index (κ1) is 20.7. The fraction of sp³-hybridized carbons (Fsp3) is 0.240. The number of aryl methyl sites for hydroxylation is 1. The van der Waals surface area contributed by atoms with Gasteiger partial charge in [0, 0.05) is 5.41 Å². The molecule has 150 valence electrons. The second-order valence-corrected chi connectivity index (χ2v) is 7.57. The molecule has 0 fully saturated rings. The lowest BCUT2D eigenvalue weighted by atomic mass is 9.66. The van der Waals surface area contributed by atoms with Crippen LogP contribution >= 0.6 is 0 Å². The van der Waals surface area contributed by atoms with Crippen molar-refractivity contribution in [1.29, 1.82) is 0 Å². The molecule has 0 amide bonds. The van der Waals surface area contributed by atoms with Crippen LogP contribution in [0.5, 0.6) is 0 Å². The highest BCUT2D eigenvalue weighted by Gasteiger charge is 2.36. The molecular weight excluding hydrogens is 361 g/mol. The molecule has 0 saturated carbocycles. The van der Waals surface area contributed by atoms with Gasteiger partial charge in [0.25, 0.3) is 0 Å². The van der Waals surface area contributed by atoms with Crippen molar-refractivity contribution in [3.05, 3.63) is 102 Å². The van der Waals surface area contributed by atoms with Gasteiger partial charge in [-0.2, -0.15) is 0 Å². The number of aliphatic imine (C=N–C) groups is 1. The molecule has 1 aliphatic rings. The Balaban J connectivity index is 2.05. The molecule has 3 rings (SSSR count).